The normalized spacial score (nSPS) is 12.4. The predicted octanol–water partition coefficient (Wildman–Crippen LogP) is 2.62. The van der Waals surface area contributed by atoms with Crippen LogP contribution in [0, 0.1) is 11.7 Å². The van der Waals surface area contributed by atoms with Crippen LogP contribution in [0.25, 0.3) is 0 Å². The average molecular weight is 365 g/mol. The Morgan fingerprint density at radius 1 is 1.32 bits per heavy atom. The number of nitrogens with zero attached hydrogens (tertiary/aromatic N) is 2. The Balaban J connectivity index is 2.13. The van der Waals surface area contributed by atoms with Gasteiger partial charge >= 0.3 is 0 Å². The molecule has 1 amide bonds. The number of halogens is 1. The molecule has 1 atom stereocenters. The molecular formula is C18H24FN3O2S. The Morgan fingerprint density at radius 2 is 2.00 bits per heavy atom. The summed E-state index contributed by atoms with van der Waals surface area (Å²) in [4.78, 5) is 18.7. The van der Waals surface area contributed by atoms with Gasteiger partial charge in [0.1, 0.15) is 11.5 Å². The Kier molecular flexibility index (Phi) is 7.04. The quantitative estimate of drug-likeness (QED) is 0.754. The lowest BCUT2D eigenvalue weighted by molar-refractivity contribution is 0.0589. The molecule has 0 spiro atoms. The first-order chi connectivity index (χ1) is 11.9. The molecule has 0 aliphatic heterocycles. The number of thiazole rings is 1. The summed E-state index contributed by atoms with van der Waals surface area (Å²) in [5.74, 6) is -0.332. The fraction of sp³-hybridized carbons (Fsp3) is 0.444. The van der Waals surface area contributed by atoms with Crippen LogP contribution >= 0.6 is 11.3 Å². The van der Waals surface area contributed by atoms with Gasteiger partial charge in [-0.25, -0.2) is 9.37 Å². The van der Waals surface area contributed by atoms with E-state index < -0.39 is 6.10 Å². The van der Waals surface area contributed by atoms with Crippen molar-refractivity contribution < 1.29 is 14.3 Å². The average Bonchev–Trinajstić information content (AvgIpc) is 3.02. The first kappa shape index (κ1) is 19.5. The van der Waals surface area contributed by atoms with Crippen molar-refractivity contribution in [1.82, 2.24) is 9.88 Å². The van der Waals surface area contributed by atoms with E-state index in [-0.39, 0.29) is 24.2 Å². The maximum atomic E-state index is 13.0. The number of nitrogens with two attached hydrogens (primary N) is 1. The molecule has 0 aliphatic carbocycles. The number of aliphatic hydroxyl groups is 1. The van der Waals surface area contributed by atoms with Crippen molar-refractivity contribution >= 4 is 17.2 Å². The van der Waals surface area contributed by atoms with E-state index in [0.717, 1.165) is 5.01 Å². The highest BCUT2D eigenvalue weighted by Crippen LogP contribution is 2.19. The van der Waals surface area contributed by atoms with E-state index in [2.05, 4.69) is 4.98 Å². The molecule has 5 nitrogen and oxygen atoms in total. The van der Waals surface area contributed by atoms with Gasteiger partial charge in [-0.1, -0.05) is 26.0 Å². The minimum Gasteiger partial charge on any atom is -0.387 e. The minimum atomic E-state index is -0.884. The van der Waals surface area contributed by atoms with Crippen LogP contribution in [0.3, 0.4) is 0 Å². The zero-order chi connectivity index (χ0) is 18.4. The first-order valence-corrected chi connectivity index (χ1v) is 9.16. The van der Waals surface area contributed by atoms with Crippen LogP contribution in [0.5, 0.6) is 0 Å². The number of hydrogen-bond acceptors (Lipinski definition) is 5. The summed E-state index contributed by atoms with van der Waals surface area (Å²) < 4.78 is 13.0. The highest BCUT2D eigenvalue weighted by atomic mass is 32.1. The second-order valence-electron chi connectivity index (χ2n) is 6.34. The summed E-state index contributed by atoms with van der Waals surface area (Å²) in [7, 11) is 0. The van der Waals surface area contributed by atoms with E-state index in [4.69, 9.17) is 5.73 Å². The number of benzene rings is 1. The van der Waals surface area contributed by atoms with Crippen molar-refractivity contribution in [3.05, 3.63) is 51.7 Å². The number of amides is 1. The molecule has 7 heteroatoms. The molecule has 0 aliphatic rings. The number of aromatic nitrogens is 1. The summed E-state index contributed by atoms with van der Waals surface area (Å²) in [6.45, 7) is 5.13. The lowest BCUT2D eigenvalue weighted by Crippen LogP contribution is -2.37. The minimum absolute atomic E-state index is 0.131. The molecule has 1 aromatic carbocycles. The van der Waals surface area contributed by atoms with Gasteiger partial charge in [-0.15, -0.1) is 11.3 Å². The molecule has 2 aromatic rings. The van der Waals surface area contributed by atoms with Crippen LogP contribution in [0.1, 0.15) is 41.0 Å². The SMILES string of the molecule is CC(C)CN(CC(O)c1ccc(F)cc1)C(=O)c1csc(CCN)n1. The van der Waals surface area contributed by atoms with E-state index in [1.54, 1.807) is 10.3 Å². The van der Waals surface area contributed by atoms with Crippen molar-refractivity contribution in [2.75, 3.05) is 19.6 Å². The molecule has 25 heavy (non-hydrogen) atoms. The smallest absolute Gasteiger partial charge is 0.273 e. The number of rotatable bonds is 8. The Hall–Kier alpha value is -1.83. The van der Waals surface area contributed by atoms with Gasteiger partial charge in [0, 0.05) is 18.3 Å². The fourth-order valence-corrected chi connectivity index (χ4v) is 3.28. The van der Waals surface area contributed by atoms with E-state index in [1.165, 1.54) is 35.6 Å². The molecule has 3 N–H and O–H groups in total. The van der Waals surface area contributed by atoms with Gasteiger partial charge in [0.15, 0.2) is 0 Å². The number of aliphatic hydroxyl groups excluding tert-OH is 1. The first-order valence-electron chi connectivity index (χ1n) is 8.28. The van der Waals surface area contributed by atoms with Crippen molar-refractivity contribution in [2.24, 2.45) is 11.7 Å². The van der Waals surface area contributed by atoms with Crippen molar-refractivity contribution in [3.8, 4) is 0 Å². The lowest BCUT2D eigenvalue weighted by Gasteiger charge is -2.26. The summed E-state index contributed by atoms with van der Waals surface area (Å²) in [6, 6.07) is 5.65. The van der Waals surface area contributed by atoms with Gasteiger partial charge < -0.3 is 15.7 Å². The zero-order valence-corrected chi connectivity index (χ0v) is 15.3. The van der Waals surface area contributed by atoms with Crippen LogP contribution in [-0.4, -0.2) is 40.5 Å². The van der Waals surface area contributed by atoms with Crippen LogP contribution in [-0.2, 0) is 6.42 Å². The topological polar surface area (TPSA) is 79.5 Å². The van der Waals surface area contributed by atoms with Crippen LogP contribution < -0.4 is 5.73 Å². The van der Waals surface area contributed by atoms with Crippen molar-refractivity contribution in [2.45, 2.75) is 26.4 Å². The summed E-state index contributed by atoms with van der Waals surface area (Å²) >= 11 is 1.41. The van der Waals surface area contributed by atoms with Crippen LogP contribution in [0.15, 0.2) is 29.6 Å². The standard InChI is InChI=1S/C18H24FN3O2S/c1-12(2)9-22(10-16(23)13-3-5-14(19)6-4-13)18(24)15-11-25-17(21-15)7-8-20/h3-6,11-12,16,23H,7-10,20H2,1-2H3. The Bertz CT molecular complexity index is 688. The third-order valence-corrected chi connectivity index (χ3v) is 4.56. The third kappa shape index (κ3) is 5.59. The van der Waals surface area contributed by atoms with Gasteiger partial charge in [-0.3, -0.25) is 4.79 Å². The lowest BCUT2D eigenvalue weighted by atomic mass is 10.1. The van der Waals surface area contributed by atoms with E-state index in [0.29, 0.717) is 30.8 Å². The molecular weight excluding hydrogens is 341 g/mol. The number of carbonyl (C=O) groups excluding carboxylic acids is 1. The molecule has 1 aromatic heterocycles. The van der Waals surface area contributed by atoms with Gasteiger partial charge in [-0.2, -0.15) is 0 Å². The number of carbonyl (C=O) groups is 1. The van der Waals surface area contributed by atoms with Crippen LogP contribution in [0.2, 0.25) is 0 Å². The molecule has 0 radical (unpaired) electrons. The molecule has 0 saturated carbocycles. The van der Waals surface area contributed by atoms with Gasteiger partial charge in [0.25, 0.3) is 5.91 Å². The third-order valence-electron chi connectivity index (χ3n) is 3.65. The maximum absolute atomic E-state index is 13.0. The summed E-state index contributed by atoms with van der Waals surface area (Å²) in [5.41, 5.74) is 6.47. The van der Waals surface area contributed by atoms with Crippen molar-refractivity contribution in [1.29, 1.82) is 0 Å². The highest BCUT2D eigenvalue weighted by molar-refractivity contribution is 7.09. The van der Waals surface area contributed by atoms with Gasteiger partial charge in [0.2, 0.25) is 0 Å². The van der Waals surface area contributed by atoms with Crippen molar-refractivity contribution in [3.63, 3.8) is 0 Å². The molecule has 0 saturated heterocycles. The molecule has 1 unspecified atom stereocenters. The zero-order valence-electron chi connectivity index (χ0n) is 14.5. The summed E-state index contributed by atoms with van der Waals surface area (Å²) in [5, 5.41) is 13.0. The molecule has 0 bridgehead atoms. The van der Waals surface area contributed by atoms with Crippen LogP contribution in [0.4, 0.5) is 4.39 Å². The van der Waals surface area contributed by atoms with Gasteiger partial charge in [0.05, 0.1) is 17.7 Å². The second kappa shape index (κ2) is 9.03. The molecule has 0 fully saturated rings. The summed E-state index contributed by atoms with van der Waals surface area (Å²) in [6.07, 6.45) is -0.245. The monoisotopic (exact) mass is 365 g/mol. The predicted molar refractivity (Wildman–Crippen MR) is 97.0 cm³/mol. The van der Waals surface area contributed by atoms with E-state index in [1.807, 2.05) is 13.8 Å². The van der Waals surface area contributed by atoms with E-state index in [9.17, 15) is 14.3 Å². The molecule has 2 rings (SSSR count). The van der Waals surface area contributed by atoms with E-state index >= 15 is 0 Å². The largest absolute Gasteiger partial charge is 0.387 e. The fourth-order valence-electron chi connectivity index (χ4n) is 2.49. The molecule has 136 valence electrons. The second-order valence-corrected chi connectivity index (χ2v) is 7.28. The highest BCUT2D eigenvalue weighted by Gasteiger charge is 2.23. The number of hydrogen-bond donors (Lipinski definition) is 2. The Morgan fingerprint density at radius 3 is 2.60 bits per heavy atom. The Labute approximate surface area is 151 Å². The molecule has 1 heterocycles. The maximum Gasteiger partial charge on any atom is 0.273 e. The van der Waals surface area contributed by atoms with Gasteiger partial charge in [-0.05, 0) is 30.2 Å².